The SMILES string of the molecule is C/C=C/C1=CC(=C2C(=C(C#N)C#N)c3ccccc3C2=C(C#N)C#N)c2ccccc2S1. The Labute approximate surface area is 190 Å². The standard InChI is InChI=1S/C27H14N4S/c1-2-7-19-12-23(20-8-5-6-11-24(20)32-19)27-25(17(13-28)14-29)21-9-3-4-10-22(21)26(27)18(15-30)16-31/h2-12H,1H3/b7-2+. The van der Waals surface area contributed by atoms with Gasteiger partial charge in [-0.2, -0.15) is 21.0 Å². The van der Waals surface area contributed by atoms with E-state index >= 15 is 0 Å². The van der Waals surface area contributed by atoms with Crippen molar-refractivity contribution in [1.82, 2.24) is 0 Å². The quantitative estimate of drug-likeness (QED) is 0.497. The van der Waals surface area contributed by atoms with Crippen molar-refractivity contribution in [2.45, 2.75) is 11.8 Å². The maximum absolute atomic E-state index is 9.77. The number of hydrogen-bond acceptors (Lipinski definition) is 5. The number of thioether (sulfide) groups is 1. The zero-order valence-electron chi connectivity index (χ0n) is 17.0. The van der Waals surface area contributed by atoms with Gasteiger partial charge in [0, 0.05) is 26.5 Å². The number of hydrogen-bond donors (Lipinski definition) is 0. The first kappa shape index (κ1) is 20.7. The monoisotopic (exact) mass is 426 g/mol. The molecular formula is C27H14N4S. The topological polar surface area (TPSA) is 95.2 Å². The van der Waals surface area contributed by atoms with E-state index in [2.05, 4.69) is 0 Å². The van der Waals surface area contributed by atoms with Gasteiger partial charge in [-0.3, -0.25) is 0 Å². The van der Waals surface area contributed by atoms with Gasteiger partial charge in [0.1, 0.15) is 35.4 Å². The fourth-order valence-corrected chi connectivity index (χ4v) is 5.05. The fraction of sp³-hybridized carbons (Fsp3) is 0.0370. The Hall–Kier alpha value is -4.55. The Balaban J connectivity index is 2.28. The van der Waals surface area contributed by atoms with E-state index in [4.69, 9.17) is 0 Å². The lowest BCUT2D eigenvalue weighted by atomic mass is 9.88. The molecule has 32 heavy (non-hydrogen) atoms. The van der Waals surface area contributed by atoms with Gasteiger partial charge < -0.3 is 0 Å². The van der Waals surface area contributed by atoms with Crippen LogP contribution < -0.4 is 0 Å². The highest BCUT2D eigenvalue weighted by atomic mass is 32.2. The van der Waals surface area contributed by atoms with E-state index in [0.29, 0.717) is 27.8 Å². The van der Waals surface area contributed by atoms with E-state index in [9.17, 15) is 21.0 Å². The van der Waals surface area contributed by atoms with E-state index < -0.39 is 0 Å². The van der Waals surface area contributed by atoms with Crippen molar-refractivity contribution >= 4 is 28.5 Å². The molecule has 2 aliphatic rings. The first-order chi connectivity index (χ1) is 15.7. The summed E-state index contributed by atoms with van der Waals surface area (Å²) in [5.41, 5.74) is 4.41. The van der Waals surface area contributed by atoms with Crippen molar-refractivity contribution in [3.63, 3.8) is 0 Å². The summed E-state index contributed by atoms with van der Waals surface area (Å²) >= 11 is 1.62. The number of allylic oxidation sites excluding steroid dienone is 9. The van der Waals surface area contributed by atoms with Gasteiger partial charge in [-0.25, -0.2) is 0 Å². The van der Waals surface area contributed by atoms with Gasteiger partial charge in [0.15, 0.2) is 0 Å². The molecule has 4 nitrogen and oxygen atoms in total. The van der Waals surface area contributed by atoms with Crippen LogP contribution in [-0.2, 0) is 0 Å². The lowest BCUT2D eigenvalue weighted by Gasteiger charge is -2.20. The van der Waals surface area contributed by atoms with Crippen molar-refractivity contribution < 1.29 is 0 Å². The molecule has 5 heteroatoms. The molecule has 1 aliphatic heterocycles. The molecule has 0 aromatic heterocycles. The van der Waals surface area contributed by atoms with Crippen LogP contribution in [0.4, 0.5) is 0 Å². The normalized spacial score (nSPS) is 14.0. The lowest BCUT2D eigenvalue weighted by molar-refractivity contribution is 1.38. The number of benzene rings is 2. The van der Waals surface area contributed by atoms with Crippen LogP contribution in [0.15, 0.2) is 93.3 Å². The van der Waals surface area contributed by atoms with E-state index in [-0.39, 0.29) is 11.1 Å². The molecule has 2 aromatic rings. The molecule has 0 amide bonds. The fourth-order valence-electron chi connectivity index (χ4n) is 3.98. The molecule has 2 aromatic carbocycles. The van der Waals surface area contributed by atoms with Crippen molar-refractivity contribution in [2.24, 2.45) is 0 Å². The summed E-state index contributed by atoms with van der Waals surface area (Å²) in [5.74, 6) is 0. The molecule has 0 N–H and O–H groups in total. The van der Waals surface area contributed by atoms with Gasteiger partial charge in [-0.1, -0.05) is 66.4 Å². The minimum absolute atomic E-state index is 0.0538. The average molecular weight is 427 g/mol. The largest absolute Gasteiger partial charge is 0.192 e. The van der Waals surface area contributed by atoms with Crippen LogP contribution in [0, 0.1) is 45.3 Å². The van der Waals surface area contributed by atoms with Gasteiger partial charge in [-0.15, -0.1) is 0 Å². The zero-order chi connectivity index (χ0) is 22.7. The van der Waals surface area contributed by atoms with Crippen LogP contribution in [0.25, 0.3) is 16.7 Å². The third-order valence-corrected chi connectivity index (χ3v) is 6.27. The lowest BCUT2D eigenvalue weighted by Crippen LogP contribution is -1.99. The Morgan fingerprint density at radius 1 is 0.750 bits per heavy atom. The smallest absolute Gasteiger partial charge is 0.138 e. The predicted molar refractivity (Wildman–Crippen MR) is 125 cm³/mol. The third kappa shape index (κ3) is 3.25. The van der Waals surface area contributed by atoms with Crippen molar-refractivity contribution in [2.75, 3.05) is 0 Å². The number of rotatable bonds is 1. The third-order valence-electron chi connectivity index (χ3n) is 5.20. The van der Waals surface area contributed by atoms with Crippen molar-refractivity contribution in [3.05, 3.63) is 105 Å². The summed E-state index contributed by atoms with van der Waals surface area (Å²) in [7, 11) is 0. The van der Waals surface area contributed by atoms with Crippen LogP contribution in [0.3, 0.4) is 0 Å². The summed E-state index contributed by atoms with van der Waals surface area (Å²) < 4.78 is 0. The van der Waals surface area contributed by atoms with Crippen LogP contribution in [0.5, 0.6) is 0 Å². The molecule has 0 radical (unpaired) electrons. The van der Waals surface area contributed by atoms with E-state index in [1.54, 1.807) is 11.8 Å². The number of nitriles is 4. The molecule has 0 spiro atoms. The van der Waals surface area contributed by atoms with Crippen molar-refractivity contribution in [1.29, 1.82) is 21.0 Å². The summed E-state index contributed by atoms with van der Waals surface area (Å²) in [6.45, 7) is 1.93. The molecule has 0 unspecified atom stereocenters. The molecular weight excluding hydrogens is 412 g/mol. The molecule has 148 valence electrons. The number of fused-ring (bicyclic) bond motifs is 2. The van der Waals surface area contributed by atoms with E-state index in [1.165, 1.54) is 0 Å². The van der Waals surface area contributed by atoms with Gasteiger partial charge in [0.2, 0.25) is 0 Å². The van der Waals surface area contributed by atoms with Gasteiger partial charge in [-0.05, 0) is 41.3 Å². The van der Waals surface area contributed by atoms with Gasteiger partial charge >= 0.3 is 0 Å². The zero-order valence-corrected chi connectivity index (χ0v) is 17.9. The highest BCUT2D eigenvalue weighted by Gasteiger charge is 2.35. The highest BCUT2D eigenvalue weighted by Crippen LogP contribution is 2.53. The van der Waals surface area contributed by atoms with Crippen LogP contribution in [-0.4, -0.2) is 0 Å². The summed E-state index contributed by atoms with van der Waals surface area (Å²) in [6, 6.07) is 23.2. The second-order valence-corrected chi connectivity index (χ2v) is 8.04. The first-order valence-electron chi connectivity index (χ1n) is 9.73. The molecule has 0 atom stereocenters. The first-order valence-corrected chi connectivity index (χ1v) is 10.6. The maximum atomic E-state index is 9.77. The Bertz CT molecular complexity index is 1380. The van der Waals surface area contributed by atoms with Crippen LogP contribution in [0.2, 0.25) is 0 Å². The van der Waals surface area contributed by atoms with Gasteiger partial charge in [0.25, 0.3) is 0 Å². The van der Waals surface area contributed by atoms with Crippen molar-refractivity contribution in [3.8, 4) is 24.3 Å². The molecule has 0 saturated heterocycles. The second-order valence-electron chi connectivity index (χ2n) is 6.93. The molecule has 0 saturated carbocycles. The predicted octanol–water partition coefficient (Wildman–Crippen LogP) is 6.32. The Kier molecular flexibility index (Phi) is 5.61. The van der Waals surface area contributed by atoms with Crippen LogP contribution >= 0.6 is 11.8 Å². The van der Waals surface area contributed by atoms with Gasteiger partial charge in [0.05, 0.1) is 0 Å². The van der Waals surface area contributed by atoms with E-state index in [1.807, 2.05) is 98.0 Å². The van der Waals surface area contributed by atoms with Crippen LogP contribution in [0.1, 0.15) is 23.6 Å². The average Bonchev–Trinajstić information content (AvgIpc) is 3.15. The molecule has 0 fully saturated rings. The second kappa shape index (κ2) is 8.67. The molecule has 4 rings (SSSR count). The number of nitrogens with zero attached hydrogens (tertiary/aromatic N) is 4. The summed E-state index contributed by atoms with van der Waals surface area (Å²) in [4.78, 5) is 2.00. The molecule has 1 heterocycles. The molecule has 1 aliphatic carbocycles. The Morgan fingerprint density at radius 3 is 1.75 bits per heavy atom. The maximum Gasteiger partial charge on any atom is 0.138 e. The minimum Gasteiger partial charge on any atom is -0.192 e. The van der Waals surface area contributed by atoms with E-state index in [0.717, 1.165) is 20.9 Å². The molecule has 0 bridgehead atoms. The Morgan fingerprint density at radius 2 is 1.25 bits per heavy atom. The highest BCUT2D eigenvalue weighted by molar-refractivity contribution is 8.03. The minimum atomic E-state index is -0.0538. The summed E-state index contributed by atoms with van der Waals surface area (Å²) in [5, 5.41) is 39.1. The summed E-state index contributed by atoms with van der Waals surface area (Å²) in [6.07, 6.45) is 5.92.